The number of hydrogen-bond acceptors (Lipinski definition) is 5. The van der Waals surface area contributed by atoms with Crippen molar-refractivity contribution < 1.29 is 19.1 Å². The van der Waals surface area contributed by atoms with E-state index in [0.717, 1.165) is 5.56 Å². The number of aromatic nitrogens is 3. The largest absolute Gasteiger partial charge is 0.356 e. The lowest BCUT2D eigenvalue weighted by molar-refractivity contribution is 0.0952. The highest BCUT2D eigenvalue weighted by Crippen LogP contribution is 2.32. The van der Waals surface area contributed by atoms with Crippen LogP contribution in [0.25, 0.3) is 11.5 Å². The lowest BCUT2D eigenvalue weighted by Gasteiger charge is -2.07. The predicted molar refractivity (Wildman–Crippen MR) is 102 cm³/mol. The molecule has 0 saturated heterocycles. The molecule has 9 nitrogen and oxygen atoms in total. The molecule has 0 aliphatic carbocycles. The Bertz CT molecular complexity index is 1080. The zero-order valence-corrected chi connectivity index (χ0v) is 15.5. The summed E-state index contributed by atoms with van der Waals surface area (Å²) < 4.78 is 11.1. The van der Waals surface area contributed by atoms with E-state index in [1.54, 1.807) is 36.5 Å². The molecule has 0 aliphatic heterocycles. The van der Waals surface area contributed by atoms with Crippen molar-refractivity contribution in [2.24, 2.45) is 0 Å². The Morgan fingerprint density at radius 3 is 2.46 bits per heavy atom. The molecule has 0 bridgehead atoms. The first-order valence-electron chi connectivity index (χ1n) is 8.28. The van der Waals surface area contributed by atoms with Gasteiger partial charge in [-0.15, -0.1) is 0 Å². The molecule has 0 spiro atoms. The third-order valence-corrected chi connectivity index (χ3v) is 4.89. The van der Waals surface area contributed by atoms with E-state index in [2.05, 4.69) is 20.3 Å². The smallest absolute Gasteiger partial charge is 0.351 e. The summed E-state index contributed by atoms with van der Waals surface area (Å²) in [6.45, 7) is 0.246. The Morgan fingerprint density at radius 2 is 1.86 bits per heavy atom. The van der Waals surface area contributed by atoms with Crippen molar-refractivity contribution in [2.75, 3.05) is 6.54 Å². The molecule has 1 amide bonds. The molecule has 3 rings (SSSR count). The highest BCUT2D eigenvalue weighted by atomic mass is 31.2. The Labute approximate surface area is 159 Å². The van der Waals surface area contributed by atoms with Crippen molar-refractivity contribution in [3.8, 4) is 11.5 Å². The van der Waals surface area contributed by atoms with Gasteiger partial charge in [0.25, 0.3) is 11.5 Å². The summed E-state index contributed by atoms with van der Waals surface area (Å²) in [6, 6.07) is 11.0. The average Bonchev–Trinajstić information content (AvgIpc) is 2.68. The van der Waals surface area contributed by atoms with Gasteiger partial charge >= 0.3 is 7.60 Å². The molecule has 4 N–H and O–H groups in total. The van der Waals surface area contributed by atoms with Crippen LogP contribution in [0.15, 0.2) is 59.7 Å². The van der Waals surface area contributed by atoms with E-state index in [1.165, 1.54) is 18.3 Å². The summed E-state index contributed by atoms with van der Waals surface area (Å²) in [5.74, 6) is -0.291. The summed E-state index contributed by atoms with van der Waals surface area (Å²) in [5.41, 5.74) is 0.594. The zero-order valence-electron chi connectivity index (χ0n) is 14.6. The lowest BCUT2D eigenvalue weighted by atomic mass is 10.1. The SMILES string of the molecule is O=C(NCCc1ccc(P(=O)(O)O)cc1)c1cnc(-c2ccccn2)[nH]c1=O. The van der Waals surface area contributed by atoms with Gasteiger partial charge in [-0.2, -0.15) is 0 Å². The van der Waals surface area contributed by atoms with E-state index < -0.39 is 19.1 Å². The van der Waals surface area contributed by atoms with Crippen molar-refractivity contribution in [1.29, 1.82) is 0 Å². The number of carbonyl (C=O) groups is 1. The second kappa shape index (κ2) is 8.26. The number of rotatable bonds is 6. The maximum atomic E-state index is 12.2. The summed E-state index contributed by atoms with van der Waals surface area (Å²) in [7, 11) is -4.27. The van der Waals surface area contributed by atoms with Crippen LogP contribution >= 0.6 is 7.60 Å². The van der Waals surface area contributed by atoms with E-state index in [-0.39, 0.29) is 23.2 Å². The summed E-state index contributed by atoms with van der Waals surface area (Å²) in [6.07, 6.45) is 3.21. The van der Waals surface area contributed by atoms with Gasteiger partial charge < -0.3 is 20.1 Å². The third-order valence-electron chi connectivity index (χ3n) is 3.92. The van der Waals surface area contributed by atoms with Crippen LogP contribution in [0, 0.1) is 0 Å². The highest BCUT2D eigenvalue weighted by Gasteiger charge is 2.16. The Hall–Kier alpha value is -3.13. The number of pyridine rings is 1. The number of aromatic amines is 1. The number of hydrogen-bond donors (Lipinski definition) is 4. The molecular weight excluding hydrogens is 383 g/mol. The van der Waals surface area contributed by atoms with Gasteiger partial charge in [0, 0.05) is 18.9 Å². The van der Waals surface area contributed by atoms with Crippen LogP contribution in [0.2, 0.25) is 0 Å². The molecule has 2 heterocycles. The van der Waals surface area contributed by atoms with E-state index in [9.17, 15) is 14.2 Å². The number of nitrogens with one attached hydrogen (secondary N) is 2. The molecule has 0 radical (unpaired) electrons. The molecule has 10 heteroatoms. The number of benzene rings is 1. The van der Waals surface area contributed by atoms with Gasteiger partial charge in [0.15, 0.2) is 5.82 Å². The molecule has 0 fully saturated rings. The second-order valence-electron chi connectivity index (χ2n) is 5.91. The highest BCUT2D eigenvalue weighted by molar-refractivity contribution is 7.60. The molecule has 2 aromatic heterocycles. The van der Waals surface area contributed by atoms with Gasteiger partial charge in [-0.1, -0.05) is 18.2 Å². The summed E-state index contributed by atoms with van der Waals surface area (Å²) in [4.78, 5) is 53.2. The Balaban J connectivity index is 1.61. The number of nitrogens with zero attached hydrogens (tertiary/aromatic N) is 2. The molecule has 0 unspecified atom stereocenters. The predicted octanol–water partition coefficient (Wildman–Crippen LogP) is 0.607. The minimum absolute atomic E-state index is 0.0640. The van der Waals surface area contributed by atoms with E-state index in [1.807, 2.05) is 0 Å². The maximum Gasteiger partial charge on any atom is 0.356 e. The van der Waals surface area contributed by atoms with Gasteiger partial charge in [-0.3, -0.25) is 19.1 Å². The van der Waals surface area contributed by atoms with Crippen molar-refractivity contribution in [3.05, 3.63) is 76.3 Å². The van der Waals surface area contributed by atoms with Crippen LogP contribution in [0.5, 0.6) is 0 Å². The molecule has 0 atom stereocenters. The van der Waals surface area contributed by atoms with Crippen molar-refractivity contribution in [1.82, 2.24) is 20.3 Å². The summed E-state index contributed by atoms with van der Waals surface area (Å²) in [5, 5.41) is 2.56. The van der Waals surface area contributed by atoms with Crippen LogP contribution in [0.4, 0.5) is 0 Å². The zero-order chi connectivity index (χ0) is 20.1. The molecular formula is C18H17N4O5P. The number of amides is 1. The van der Waals surface area contributed by atoms with Crippen LogP contribution in [-0.2, 0) is 11.0 Å². The molecule has 1 aromatic carbocycles. The molecule has 144 valence electrons. The molecule has 28 heavy (non-hydrogen) atoms. The molecule has 0 saturated carbocycles. The van der Waals surface area contributed by atoms with E-state index >= 15 is 0 Å². The number of H-pyrrole nitrogens is 1. The van der Waals surface area contributed by atoms with Crippen molar-refractivity contribution in [3.63, 3.8) is 0 Å². The van der Waals surface area contributed by atoms with Gasteiger partial charge in [0.1, 0.15) is 11.3 Å². The first kappa shape index (κ1) is 19.6. The standard InChI is InChI=1S/C18H17N4O5P/c23-17(20-10-8-12-4-6-13(7-5-12)28(25,26)27)14-11-21-16(22-18(14)24)15-3-1-2-9-19-15/h1-7,9,11H,8,10H2,(H,20,23)(H,21,22,24)(H2,25,26,27). The van der Waals surface area contributed by atoms with Gasteiger partial charge in [0.05, 0.1) is 5.30 Å². The average molecular weight is 400 g/mol. The maximum absolute atomic E-state index is 12.2. The van der Waals surface area contributed by atoms with Crippen LogP contribution in [0.3, 0.4) is 0 Å². The number of carbonyl (C=O) groups excluding carboxylic acids is 1. The van der Waals surface area contributed by atoms with Crippen LogP contribution in [-0.4, -0.2) is 37.2 Å². The Morgan fingerprint density at radius 1 is 1.11 bits per heavy atom. The topological polar surface area (TPSA) is 145 Å². The van der Waals surface area contributed by atoms with Gasteiger partial charge in [0.2, 0.25) is 0 Å². The fraction of sp³-hybridized carbons (Fsp3) is 0.111. The molecule has 3 aromatic rings. The molecule has 0 aliphatic rings. The monoisotopic (exact) mass is 400 g/mol. The fourth-order valence-corrected chi connectivity index (χ4v) is 3.00. The van der Waals surface area contributed by atoms with Gasteiger partial charge in [-0.05, 0) is 36.2 Å². The van der Waals surface area contributed by atoms with Crippen LogP contribution in [0.1, 0.15) is 15.9 Å². The first-order valence-corrected chi connectivity index (χ1v) is 9.90. The summed E-state index contributed by atoms with van der Waals surface area (Å²) >= 11 is 0. The minimum Gasteiger partial charge on any atom is -0.351 e. The third kappa shape index (κ3) is 4.77. The van der Waals surface area contributed by atoms with E-state index in [0.29, 0.717) is 12.1 Å². The van der Waals surface area contributed by atoms with Gasteiger partial charge in [-0.25, -0.2) is 4.98 Å². The Kier molecular flexibility index (Phi) is 5.79. The second-order valence-corrected chi connectivity index (χ2v) is 7.51. The fourth-order valence-electron chi connectivity index (χ4n) is 2.46. The van der Waals surface area contributed by atoms with Crippen molar-refractivity contribution in [2.45, 2.75) is 6.42 Å². The quantitative estimate of drug-likeness (QED) is 0.444. The van der Waals surface area contributed by atoms with E-state index in [4.69, 9.17) is 9.79 Å². The normalized spacial score (nSPS) is 11.2. The lowest BCUT2D eigenvalue weighted by Crippen LogP contribution is -2.31. The first-order chi connectivity index (χ1) is 13.3. The minimum atomic E-state index is -4.27. The van der Waals surface area contributed by atoms with Crippen molar-refractivity contribution >= 4 is 18.8 Å². The van der Waals surface area contributed by atoms with Crippen LogP contribution < -0.4 is 16.2 Å².